The van der Waals surface area contributed by atoms with Gasteiger partial charge in [0.2, 0.25) is 0 Å². The van der Waals surface area contributed by atoms with Crippen molar-refractivity contribution in [2.45, 2.75) is 60.0 Å². The first-order chi connectivity index (χ1) is 17.0. The van der Waals surface area contributed by atoms with E-state index < -0.39 is 29.2 Å². The number of ether oxygens (including phenoxy) is 1. The monoisotopic (exact) mass is 515 g/mol. The molecule has 0 aliphatic heterocycles. The van der Waals surface area contributed by atoms with E-state index in [1.165, 1.54) is 23.0 Å². The van der Waals surface area contributed by atoms with Crippen molar-refractivity contribution in [1.82, 2.24) is 15.2 Å². The minimum absolute atomic E-state index is 0.0646. The van der Waals surface area contributed by atoms with Crippen molar-refractivity contribution in [2.75, 3.05) is 19.8 Å². The first-order valence-electron chi connectivity index (χ1n) is 12.2. The summed E-state index contributed by atoms with van der Waals surface area (Å²) in [5.41, 5.74) is 2.56. The fourth-order valence-electron chi connectivity index (χ4n) is 3.77. The third-order valence-electron chi connectivity index (χ3n) is 6.12. The summed E-state index contributed by atoms with van der Waals surface area (Å²) in [6.07, 6.45) is -0.595. The van der Waals surface area contributed by atoms with Crippen LogP contribution in [0, 0.1) is 18.6 Å². The van der Waals surface area contributed by atoms with Crippen LogP contribution in [0.15, 0.2) is 36.4 Å². The predicted octanol–water partition coefficient (Wildman–Crippen LogP) is 6.86. The minimum Gasteiger partial charge on any atom is -0.480 e. The Bertz CT molecular complexity index is 1200. The maximum absolute atomic E-state index is 15.2. The van der Waals surface area contributed by atoms with Crippen LogP contribution in [0.25, 0.3) is 10.4 Å². The molecule has 0 saturated carbocycles. The molecule has 8 heteroatoms. The lowest BCUT2D eigenvalue weighted by molar-refractivity contribution is 0.0915. The summed E-state index contributed by atoms with van der Waals surface area (Å²) in [6, 6.07) is 10.7. The van der Waals surface area contributed by atoms with Crippen molar-refractivity contribution in [3.05, 3.63) is 69.9 Å². The Morgan fingerprint density at radius 2 is 1.75 bits per heavy atom. The Kier molecular flexibility index (Phi) is 8.84. The van der Waals surface area contributed by atoms with Crippen molar-refractivity contribution in [3.63, 3.8) is 0 Å². The molecule has 3 rings (SSSR count). The molecule has 1 atom stereocenters. The van der Waals surface area contributed by atoms with E-state index in [1.54, 1.807) is 6.92 Å². The summed E-state index contributed by atoms with van der Waals surface area (Å²) >= 11 is 1.47. The fourth-order valence-corrected chi connectivity index (χ4v) is 4.83. The van der Waals surface area contributed by atoms with Gasteiger partial charge in [0, 0.05) is 0 Å². The van der Waals surface area contributed by atoms with Crippen LogP contribution in [-0.2, 0) is 5.41 Å². The quantitative estimate of drug-likeness (QED) is 0.316. The molecule has 2 aromatic carbocycles. The molecule has 0 bridgehead atoms. The maximum atomic E-state index is 15.2. The molecular weight excluding hydrogens is 480 g/mol. The zero-order valence-corrected chi connectivity index (χ0v) is 22.9. The van der Waals surface area contributed by atoms with Crippen LogP contribution >= 0.6 is 11.3 Å². The average Bonchev–Trinajstić information content (AvgIpc) is 3.23. The molecule has 194 valence electrons. The topological polar surface area (TPSA) is 54.5 Å². The number of halogens is 2. The van der Waals surface area contributed by atoms with Gasteiger partial charge >= 0.3 is 0 Å². The summed E-state index contributed by atoms with van der Waals surface area (Å²) in [7, 11) is 0. The van der Waals surface area contributed by atoms with Crippen molar-refractivity contribution >= 4 is 17.2 Å². The number of rotatable bonds is 9. The van der Waals surface area contributed by atoms with E-state index in [1.807, 2.05) is 25.7 Å². The van der Waals surface area contributed by atoms with Crippen LogP contribution < -0.4 is 10.1 Å². The lowest BCUT2D eigenvalue weighted by Crippen LogP contribution is -2.38. The number of carbonyl (C=O) groups excluding carboxylic acids is 1. The van der Waals surface area contributed by atoms with Crippen molar-refractivity contribution in [2.24, 2.45) is 0 Å². The van der Waals surface area contributed by atoms with Gasteiger partial charge < -0.3 is 10.1 Å². The SMILES string of the molecule is CCN(CC)CNC(=O)c1c(F)ccc(OC(C)c2nc(C)c(-c3ccc(C(C)(C)C)cc3)s2)c1F. The van der Waals surface area contributed by atoms with E-state index in [9.17, 15) is 9.18 Å². The summed E-state index contributed by atoms with van der Waals surface area (Å²) in [4.78, 5) is 20.1. The van der Waals surface area contributed by atoms with Gasteiger partial charge in [0.15, 0.2) is 11.6 Å². The summed E-state index contributed by atoms with van der Waals surface area (Å²) in [5, 5.41) is 3.24. The Morgan fingerprint density at radius 3 is 2.33 bits per heavy atom. The first-order valence-corrected chi connectivity index (χ1v) is 13.0. The smallest absolute Gasteiger partial charge is 0.258 e. The number of nitrogens with zero attached hydrogens (tertiary/aromatic N) is 2. The van der Waals surface area contributed by atoms with Gasteiger partial charge in [-0.15, -0.1) is 11.3 Å². The summed E-state index contributed by atoms with van der Waals surface area (Å²) in [6.45, 7) is 15.7. The molecule has 0 radical (unpaired) electrons. The molecule has 0 fully saturated rings. The number of nitrogens with one attached hydrogen (secondary N) is 1. The molecule has 3 aromatic rings. The van der Waals surface area contributed by atoms with Crippen LogP contribution in [-0.4, -0.2) is 35.5 Å². The van der Waals surface area contributed by atoms with Crippen LogP contribution in [0.5, 0.6) is 5.75 Å². The van der Waals surface area contributed by atoms with Gasteiger partial charge in [-0.2, -0.15) is 0 Å². The van der Waals surface area contributed by atoms with E-state index in [0.29, 0.717) is 18.1 Å². The normalized spacial score (nSPS) is 12.6. The second kappa shape index (κ2) is 11.5. The summed E-state index contributed by atoms with van der Waals surface area (Å²) < 4.78 is 35.4. The largest absolute Gasteiger partial charge is 0.480 e. The predicted molar refractivity (Wildman–Crippen MR) is 142 cm³/mol. The molecule has 1 aromatic heterocycles. The fraction of sp³-hybridized carbons (Fsp3) is 0.429. The zero-order chi connectivity index (χ0) is 26.6. The number of aryl methyl sites for hydroxylation is 1. The number of benzene rings is 2. The van der Waals surface area contributed by atoms with E-state index in [0.717, 1.165) is 22.2 Å². The van der Waals surface area contributed by atoms with E-state index >= 15 is 4.39 Å². The van der Waals surface area contributed by atoms with E-state index in [2.05, 4.69) is 55.3 Å². The maximum Gasteiger partial charge on any atom is 0.258 e. The summed E-state index contributed by atoms with van der Waals surface area (Å²) in [5.74, 6) is -2.97. The number of hydrogen-bond donors (Lipinski definition) is 1. The molecule has 1 N–H and O–H groups in total. The second-order valence-electron chi connectivity index (χ2n) is 9.76. The molecule has 0 aliphatic rings. The average molecular weight is 516 g/mol. The lowest BCUT2D eigenvalue weighted by Gasteiger charge is -2.19. The third kappa shape index (κ3) is 6.28. The van der Waals surface area contributed by atoms with Crippen LogP contribution in [0.3, 0.4) is 0 Å². The standard InChI is InChI=1S/C28H35F2N3O2S/c1-8-33(9-2)16-31-26(34)23-21(29)14-15-22(24(23)30)35-18(4)27-32-17(3)25(36-27)19-10-12-20(13-11-19)28(5,6)7/h10-15,18H,8-9,16H2,1-7H3,(H,31,34). The Labute approximate surface area is 216 Å². The zero-order valence-electron chi connectivity index (χ0n) is 22.0. The number of carbonyl (C=O) groups is 1. The molecule has 1 unspecified atom stereocenters. The van der Waals surface area contributed by atoms with E-state index in [4.69, 9.17) is 4.74 Å². The highest BCUT2D eigenvalue weighted by molar-refractivity contribution is 7.15. The molecule has 5 nitrogen and oxygen atoms in total. The van der Waals surface area contributed by atoms with Gasteiger partial charge in [0.1, 0.15) is 22.5 Å². The molecular formula is C28H35F2N3O2S. The lowest BCUT2D eigenvalue weighted by atomic mass is 9.86. The van der Waals surface area contributed by atoms with Crippen molar-refractivity contribution < 1.29 is 18.3 Å². The van der Waals surface area contributed by atoms with Gasteiger partial charge in [-0.3, -0.25) is 9.69 Å². The Morgan fingerprint density at radius 1 is 1.11 bits per heavy atom. The van der Waals surface area contributed by atoms with Gasteiger partial charge in [-0.1, -0.05) is 58.9 Å². The van der Waals surface area contributed by atoms with Crippen molar-refractivity contribution in [3.8, 4) is 16.2 Å². The molecule has 0 aliphatic carbocycles. The van der Waals surface area contributed by atoms with E-state index in [-0.39, 0.29) is 17.8 Å². The third-order valence-corrected chi connectivity index (χ3v) is 7.49. The van der Waals surface area contributed by atoms with Gasteiger partial charge in [-0.25, -0.2) is 13.8 Å². The van der Waals surface area contributed by atoms with Gasteiger partial charge in [0.25, 0.3) is 5.91 Å². The number of amides is 1. The minimum atomic E-state index is -1.02. The molecule has 1 heterocycles. The Hall–Kier alpha value is -2.84. The molecule has 36 heavy (non-hydrogen) atoms. The van der Waals surface area contributed by atoms with Crippen LogP contribution in [0.2, 0.25) is 0 Å². The van der Waals surface area contributed by atoms with Gasteiger partial charge in [0.05, 0.1) is 17.2 Å². The second-order valence-corrected chi connectivity index (χ2v) is 10.8. The highest BCUT2D eigenvalue weighted by atomic mass is 32.1. The first kappa shape index (κ1) is 27.7. The van der Waals surface area contributed by atoms with Crippen molar-refractivity contribution in [1.29, 1.82) is 0 Å². The number of hydrogen-bond acceptors (Lipinski definition) is 5. The van der Waals surface area contributed by atoms with Crippen LogP contribution in [0.4, 0.5) is 8.78 Å². The molecule has 0 spiro atoms. The Balaban J connectivity index is 1.79. The highest BCUT2D eigenvalue weighted by Crippen LogP contribution is 2.36. The number of thiazole rings is 1. The number of aromatic nitrogens is 1. The molecule has 1 amide bonds. The molecule has 0 saturated heterocycles. The highest BCUT2D eigenvalue weighted by Gasteiger charge is 2.24. The van der Waals surface area contributed by atoms with Crippen LogP contribution in [0.1, 0.15) is 74.3 Å². The van der Waals surface area contributed by atoms with Gasteiger partial charge in [-0.05, 0) is 55.6 Å².